The van der Waals surface area contributed by atoms with Crippen molar-refractivity contribution in [2.75, 3.05) is 19.6 Å². The van der Waals surface area contributed by atoms with Gasteiger partial charge in [-0.3, -0.25) is 0 Å². The molecule has 2 aromatic rings. The van der Waals surface area contributed by atoms with Gasteiger partial charge >= 0.3 is 11.3 Å². The molecule has 1 aliphatic carbocycles. The summed E-state index contributed by atoms with van der Waals surface area (Å²) >= 11 is 0. The van der Waals surface area contributed by atoms with Crippen molar-refractivity contribution < 1.29 is 9.58 Å². The van der Waals surface area contributed by atoms with Crippen LogP contribution in [0.25, 0.3) is 11.0 Å². The minimum absolute atomic E-state index is 0.0950. The number of benzene rings is 1. The van der Waals surface area contributed by atoms with E-state index in [1.54, 1.807) is 0 Å². The van der Waals surface area contributed by atoms with Gasteiger partial charge in [0, 0.05) is 12.6 Å². The molecule has 25 heavy (non-hydrogen) atoms. The van der Waals surface area contributed by atoms with Gasteiger partial charge in [0.1, 0.15) is 6.04 Å². The summed E-state index contributed by atoms with van der Waals surface area (Å²) in [6.45, 7) is 6.58. The predicted molar refractivity (Wildman–Crippen MR) is 95.6 cm³/mol. The molecule has 0 saturated carbocycles. The minimum Gasteiger partial charge on any atom is -0.710 e. The van der Waals surface area contributed by atoms with Gasteiger partial charge in [0.2, 0.25) is 10.6 Å². The lowest BCUT2D eigenvalue weighted by Crippen LogP contribution is -2.49. The van der Waals surface area contributed by atoms with E-state index in [1.165, 1.54) is 0 Å². The van der Waals surface area contributed by atoms with Crippen molar-refractivity contribution >= 4 is 11.0 Å². The van der Waals surface area contributed by atoms with Gasteiger partial charge in [-0.15, -0.1) is 0 Å². The molecule has 3 rings (SSSR count). The van der Waals surface area contributed by atoms with Gasteiger partial charge in [0.15, 0.2) is 0 Å². The van der Waals surface area contributed by atoms with Gasteiger partial charge in [-0.1, -0.05) is 13.8 Å². The zero-order chi connectivity index (χ0) is 18.0. The largest absolute Gasteiger partial charge is 0.710 e. The second kappa shape index (κ2) is 7.49. The normalized spacial score (nSPS) is 15.0. The summed E-state index contributed by atoms with van der Waals surface area (Å²) < 4.78 is 0.753. The molecule has 1 atom stereocenters. The van der Waals surface area contributed by atoms with Gasteiger partial charge in [-0.25, -0.2) is 4.73 Å². The van der Waals surface area contributed by atoms with E-state index in [0.717, 1.165) is 61.1 Å². The van der Waals surface area contributed by atoms with Crippen molar-refractivity contribution in [3.05, 3.63) is 39.5 Å². The second-order valence-electron chi connectivity index (χ2n) is 6.90. The van der Waals surface area contributed by atoms with Crippen molar-refractivity contribution in [2.24, 2.45) is 5.73 Å². The zero-order valence-electron chi connectivity index (χ0n) is 15.1. The molecule has 2 N–H and O–H groups in total. The number of rotatable bonds is 7. The third-order valence-electron chi connectivity index (χ3n) is 4.88. The molecule has 0 bridgehead atoms. The third-order valence-corrected chi connectivity index (χ3v) is 4.88. The highest BCUT2D eigenvalue weighted by atomic mass is 16.5. The Morgan fingerprint density at radius 2 is 1.72 bits per heavy atom. The Bertz CT molecular complexity index is 759. The minimum atomic E-state index is -0.589. The van der Waals surface area contributed by atoms with E-state index < -0.39 is 6.04 Å². The molecule has 1 heterocycles. The van der Waals surface area contributed by atoms with Gasteiger partial charge in [-0.05, 0) is 62.4 Å². The zero-order valence-corrected chi connectivity index (χ0v) is 15.1. The van der Waals surface area contributed by atoms with Crippen LogP contribution in [0.15, 0.2) is 12.1 Å². The maximum atomic E-state index is 12.8. The van der Waals surface area contributed by atoms with E-state index in [-0.39, 0.29) is 5.82 Å². The molecule has 0 fully saturated rings. The average molecular weight is 345 g/mol. The van der Waals surface area contributed by atoms with E-state index in [2.05, 4.69) is 23.8 Å². The number of hydrogen-bond acceptors (Lipinski definition) is 5. The van der Waals surface area contributed by atoms with Gasteiger partial charge in [-0.2, -0.15) is 0 Å². The first kappa shape index (κ1) is 17.8. The van der Waals surface area contributed by atoms with Crippen LogP contribution in [0.4, 0.5) is 0 Å². The molecule has 7 nitrogen and oxygen atoms in total. The van der Waals surface area contributed by atoms with Crippen molar-refractivity contribution in [1.82, 2.24) is 10.00 Å². The summed E-state index contributed by atoms with van der Waals surface area (Å²) in [6.07, 6.45) is 5.00. The number of hydrogen-bond donors (Lipinski definition) is 1. The average Bonchev–Trinajstić information content (AvgIpc) is 3.04. The van der Waals surface area contributed by atoms with Crippen LogP contribution in [0.3, 0.4) is 0 Å². The molecule has 1 aliphatic rings. The number of aryl methyl sites for hydroxylation is 2. The molecule has 1 unspecified atom stereocenters. The van der Waals surface area contributed by atoms with Crippen LogP contribution >= 0.6 is 0 Å². The van der Waals surface area contributed by atoms with E-state index >= 15 is 0 Å². The summed E-state index contributed by atoms with van der Waals surface area (Å²) in [5, 5.41) is 29.2. The number of aromatic nitrogens is 3. The molecule has 0 aliphatic heterocycles. The molecule has 0 spiro atoms. The fraction of sp³-hybridized carbons (Fsp3) is 0.611. The van der Waals surface area contributed by atoms with Crippen LogP contribution in [-0.4, -0.2) is 29.6 Å². The highest BCUT2D eigenvalue weighted by Crippen LogP contribution is 2.24. The van der Waals surface area contributed by atoms with Crippen molar-refractivity contribution in [1.29, 1.82) is 0 Å². The summed E-state index contributed by atoms with van der Waals surface area (Å²) in [7, 11) is 0. The highest BCUT2D eigenvalue weighted by molar-refractivity contribution is 5.70. The van der Waals surface area contributed by atoms with Gasteiger partial charge in [0.05, 0.1) is 4.85 Å². The van der Waals surface area contributed by atoms with Gasteiger partial charge < -0.3 is 21.0 Å². The summed E-state index contributed by atoms with van der Waals surface area (Å²) in [5.41, 5.74) is 9.25. The van der Waals surface area contributed by atoms with Crippen LogP contribution in [0.5, 0.6) is 0 Å². The van der Waals surface area contributed by atoms with Gasteiger partial charge in [0.25, 0.3) is 0 Å². The number of nitrogens with two attached hydrogens (primary N) is 1. The second-order valence-corrected chi connectivity index (χ2v) is 6.90. The van der Waals surface area contributed by atoms with E-state index in [0.29, 0.717) is 22.4 Å². The monoisotopic (exact) mass is 345 g/mol. The topological polar surface area (TPSA) is 96.0 Å². The highest BCUT2D eigenvalue weighted by Gasteiger charge is 2.30. The molecule has 0 radical (unpaired) electrons. The smallest absolute Gasteiger partial charge is 0.395 e. The van der Waals surface area contributed by atoms with Crippen molar-refractivity contribution in [2.45, 2.75) is 52.0 Å². The lowest BCUT2D eigenvalue weighted by atomic mass is 10.1. The van der Waals surface area contributed by atoms with Crippen LogP contribution in [-0.2, 0) is 12.8 Å². The maximum absolute atomic E-state index is 12.8. The van der Waals surface area contributed by atoms with Crippen molar-refractivity contribution in [3.8, 4) is 0 Å². The molecule has 1 aromatic carbocycles. The number of fused-ring (bicyclic) bond motifs is 2. The summed E-state index contributed by atoms with van der Waals surface area (Å²) in [5.74, 6) is 0.0950. The Labute approximate surface area is 148 Å². The Morgan fingerprint density at radius 1 is 1.12 bits per heavy atom. The summed E-state index contributed by atoms with van der Waals surface area (Å²) in [6, 6.07) is 3.06. The Hall–Kier alpha value is -1.99. The fourth-order valence-electron chi connectivity index (χ4n) is 3.74. The molecule has 1 aromatic heterocycles. The first-order valence-corrected chi connectivity index (χ1v) is 9.21. The van der Waals surface area contributed by atoms with E-state index in [4.69, 9.17) is 5.73 Å². The van der Waals surface area contributed by atoms with Crippen molar-refractivity contribution in [3.63, 3.8) is 0 Å². The van der Waals surface area contributed by atoms with Crippen LogP contribution in [0, 0.1) is 10.4 Å². The first-order valence-electron chi connectivity index (χ1n) is 9.21. The molecule has 0 amide bonds. The molecule has 136 valence electrons. The quantitative estimate of drug-likeness (QED) is 0.599. The third kappa shape index (κ3) is 3.52. The molecular weight excluding hydrogens is 318 g/mol. The predicted octanol–water partition coefficient (Wildman–Crippen LogP) is 1.11. The first-order chi connectivity index (χ1) is 12.0. The van der Waals surface area contributed by atoms with E-state index in [1.807, 2.05) is 12.1 Å². The van der Waals surface area contributed by atoms with Crippen LogP contribution in [0.1, 0.15) is 56.1 Å². The Morgan fingerprint density at radius 3 is 2.32 bits per heavy atom. The lowest BCUT2D eigenvalue weighted by molar-refractivity contribution is -0.686. The standard InChI is InChI=1S/C18H27N5O2/c1-3-8-21(9-4-2)12-15(19)18-20-23(25)17-11-14-7-5-6-13(14)10-16(17)22(18)24/h10-11,15H,3-9,12,19H2,1-2H3. The number of nitrogens with zero attached hydrogens (tertiary/aromatic N) is 4. The SMILES string of the molecule is CCCN(CCC)CC(N)c1n[n+]([O-])c2cc3c(cc2[n+]1[O-])CCC3. The Balaban J connectivity index is 1.96. The summed E-state index contributed by atoms with van der Waals surface area (Å²) in [4.78, 5) is 2.77. The Kier molecular flexibility index (Phi) is 5.34. The molecule has 7 heteroatoms. The fourth-order valence-corrected chi connectivity index (χ4v) is 3.74. The molecular formula is C18H27N5O2. The maximum Gasteiger partial charge on any atom is 0.395 e. The van der Waals surface area contributed by atoms with Crippen LogP contribution < -0.4 is 15.3 Å². The molecule has 0 saturated heterocycles. The van der Waals surface area contributed by atoms with Crippen LogP contribution in [0.2, 0.25) is 0 Å². The van der Waals surface area contributed by atoms with E-state index in [9.17, 15) is 10.4 Å². The lowest BCUT2D eigenvalue weighted by Gasteiger charge is -2.23.